The summed E-state index contributed by atoms with van der Waals surface area (Å²) in [6.45, 7) is 1.55. The Labute approximate surface area is 355 Å². The molecule has 0 amide bonds. The van der Waals surface area contributed by atoms with Gasteiger partial charge in [-0.2, -0.15) is 19.4 Å². The van der Waals surface area contributed by atoms with Crippen LogP contribution in [0.2, 0.25) is 0 Å². The van der Waals surface area contributed by atoms with Gasteiger partial charge in [0.25, 0.3) is 0 Å². The van der Waals surface area contributed by atoms with Crippen molar-refractivity contribution in [2.24, 2.45) is 0 Å². The molecule has 17 heteroatoms. The number of imidazole rings is 1. The molecule has 61 heavy (non-hydrogen) atoms. The molecule has 3 heterocycles. The first-order valence-electron chi connectivity index (χ1n) is 21.3. The smallest absolute Gasteiger partial charge is 0.459 e. The standard InChI is InChI=1S/C44H58F3N6O7P/c1-3-5-6-7-8-9-10-11-12-13-14-15-16-17-21-24-57-42(55)36(27-32-25-33(45)28-34(46)26-32)52-61(56,60-35-22-19-18-20-23-35)58-30-44(4-2)37(54)29-38(59-44)53-31-49-39-40(48)50-43(47)51-41(39)53/h2,18-20,22-23,25-26,28,31,36-38,54H,3,5-17,21,24,27,29-30H2,1H3,(H,52,56)(H2,48,50,51)/t36-,37-,38+,44+,61-/m0/s1. The van der Waals surface area contributed by atoms with Crippen LogP contribution < -0.4 is 15.3 Å². The SMILES string of the molecule is C#C[C@]1(CO[P@@](=O)(N[C@@H](Cc2cc(F)cc(F)c2)C(=O)OCCCCCCCCCCCCCCCCC)Oc2ccccc2)O[C@@H](n2cnc3c(N)nc(F)nc32)C[C@@H]1O. The zero-order valence-electron chi connectivity index (χ0n) is 34.8. The molecule has 0 radical (unpaired) electrons. The van der Waals surface area contributed by atoms with Crippen molar-refractivity contribution in [3.05, 3.63) is 78.1 Å². The van der Waals surface area contributed by atoms with Crippen molar-refractivity contribution in [2.45, 2.75) is 140 Å². The highest BCUT2D eigenvalue weighted by molar-refractivity contribution is 7.52. The maximum Gasteiger partial charge on any atom is 0.459 e. The van der Waals surface area contributed by atoms with Crippen LogP contribution in [0.4, 0.5) is 19.0 Å². The van der Waals surface area contributed by atoms with E-state index < -0.39 is 62.0 Å². The molecule has 0 bridgehead atoms. The number of aromatic nitrogens is 4. The second kappa shape index (κ2) is 23.6. The summed E-state index contributed by atoms with van der Waals surface area (Å²) in [5.41, 5.74) is 4.00. The highest BCUT2D eigenvalue weighted by Crippen LogP contribution is 2.48. The monoisotopic (exact) mass is 870 g/mol. The van der Waals surface area contributed by atoms with Crippen molar-refractivity contribution >= 4 is 30.7 Å². The molecule has 1 aliphatic heterocycles. The van der Waals surface area contributed by atoms with Crippen LogP contribution in [0.3, 0.4) is 0 Å². The Balaban J connectivity index is 1.21. The van der Waals surface area contributed by atoms with Crippen LogP contribution in [0.15, 0.2) is 54.9 Å². The minimum atomic E-state index is -4.69. The number of aliphatic hydroxyl groups is 1. The predicted octanol–water partition coefficient (Wildman–Crippen LogP) is 9.30. The lowest BCUT2D eigenvalue weighted by molar-refractivity contribution is -0.146. The van der Waals surface area contributed by atoms with Crippen LogP contribution in [0.5, 0.6) is 5.75 Å². The summed E-state index contributed by atoms with van der Waals surface area (Å²) in [4.78, 5) is 25.1. The molecule has 1 fully saturated rings. The number of anilines is 1. The van der Waals surface area contributed by atoms with Gasteiger partial charge in [-0.1, -0.05) is 121 Å². The van der Waals surface area contributed by atoms with E-state index >= 15 is 0 Å². The number of unbranched alkanes of at least 4 members (excludes halogenated alkanes) is 14. The molecule has 0 spiro atoms. The molecule has 0 aliphatic carbocycles. The zero-order chi connectivity index (χ0) is 43.7. The number of carbonyl (C=O) groups is 1. The van der Waals surface area contributed by atoms with Gasteiger partial charge in [-0.15, -0.1) is 6.42 Å². The molecule has 1 saturated heterocycles. The first-order chi connectivity index (χ1) is 29.4. The van der Waals surface area contributed by atoms with Gasteiger partial charge in [0, 0.05) is 12.5 Å². The van der Waals surface area contributed by atoms with Gasteiger partial charge in [-0.3, -0.25) is 13.9 Å². The fourth-order valence-corrected chi connectivity index (χ4v) is 8.84. The number of hydrogen-bond acceptors (Lipinski definition) is 11. The van der Waals surface area contributed by atoms with Gasteiger partial charge in [0.05, 0.1) is 12.9 Å². The van der Waals surface area contributed by atoms with E-state index in [1.165, 1.54) is 87.2 Å². The summed E-state index contributed by atoms with van der Waals surface area (Å²) < 4.78 is 82.2. The number of fused-ring (bicyclic) bond motifs is 1. The number of nitrogens with two attached hydrogens (primary N) is 1. The van der Waals surface area contributed by atoms with E-state index in [1.807, 2.05) is 0 Å². The van der Waals surface area contributed by atoms with Gasteiger partial charge in [-0.25, -0.2) is 18.3 Å². The van der Waals surface area contributed by atoms with Crippen molar-refractivity contribution in [1.29, 1.82) is 0 Å². The summed E-state index contributed by atoms with van der Waals surface area (Å²) in [6, 6.07) is 9.21. The van der Waals surface area contributed by atoms with Crippen LogP contribution in [0.25, 0.3) is 11.2 Å². The summed E-state index contributed by atoms with van der Waals surface area (Å²) in [6.07, 6.45) is 20.6. The number of benzene rings is 2. The van der Waals surface area contributed by atoms with E-state index in [0.29, 0.717) is 12.5 Å². The second-order valence-electron chi connectivity index (χ2n) is 15.5. The Hall–Kier alpha value is -4.52. The third-order valence-corrected chi connectivity index (χ3v) is 12.2. The van der Waals surface area contributed by atoms with E-state index in [-0.39, 0.29) is 47.7 Å². The number of halogens is 3. The summed E-state index contributed by atoms with van der Waals surface area (Å²) in [5.74, 6) is -0.359. The molecule has 5 atom stereocenters. The summed E-state index contributed by atoms with van der Waals surface area (Å²) in [7, 11) is -4.69. The van der Waals surface area contributed by atoms with Crippen molar-refractivity contribution in [3.63, 3.8) is 0 Å². The maximum absolute atomic E-state index is 14.7. The molecule has 332 valence electrons. The maximum atomic E-state index is 14.7. The average Bonchev–Trinajstić information content (AvgIpc) is 3.80. The van der Waals surface area contributed by atoms with Gasteiger partial charge in [0.15, 0.2) is 22.6 Å². The largest absolute Gasteiger partial charge is 0.465 e. The minimum absolute atomic E-state index is 0.0184. The van der Waals surface area contributed by atoms with Crippen molar-refractivity contribution in [2.75, 3.05) is 18.9 Å². The molecule has 2 aromatic heterocycles. The molecule has 0 saturated carbocycles. The molecule has 4 N–H and O–H groups in total. The highest BCUT2D eigenvalue weighted by atomic mass is 31.2. The second-order valence-corrected chi connectivity index (χ2v) is 17.2. The number of esters is 1. The Morgan fingerprint density at radius 1 is 0.984 bits per heavy atom. The molecule has 13 nitrogen and oxygen atoms in total. The van der Waals surface area contributed by atoms with Gasteiger partial charge in [-0.05, 0) is 42.7 Å². The average molecular weight is 871 g/mol. The first-order valence-corrected chi connectivity index (χ1v) is 22.9. The molecule has 2 aromatic carbocycles. The minimum Gasteiger partial charge on any atom is -0.465 e. The van der Waals surface area contributed by atoms with Crippen LogP contribution in [-0.4, -0.2) is 61.6 Å². The number of nitrogen functional groups attached to an aromatic ring is 1. The number of carbonyl (C=O) groups excluding carboxylic acids is 1. The fraction of sp³-hybridized carbons (Fsp3) is 0.545. The zero-order valence-corrected chi connectivity index (χ0v) is 35.7. The Morgan fingerprint density at radius 2 is 1.59 bits per heavy atom. The van der Waals surface area contributed by atoms with Crippen LogP contribution in [0, 0.1) is 30.1 Å². The number of aliphatic hydroxyl groups excluding tert-OH is 1. The van der Waals surface area contributed by atoms with E-state index in [2.05, 4.69) is 32.9 Å². The Bertz CT molecular complexity index is 2070. The predicted molar refractivity (Wildman–Crippen MR) is 226 cm³/mol. The molecular formula is C44H58F3N6O7P. The molecule has 4 aromatic rings. The summed E-state index contributed by atoms with van der Waals surface area (Å²) >= 11 is 0. The first kappa shape index (κ1) is 47.5. The molecule has 5 rings (SSSR count). The van der Waals surface area contributed by atoms with Crippen molar-refractivity contribution in [3.8, 4) is 18.1 Å². The van der Waals surface area contributed by atoms with E-state index in [4.69, 9.17) is 30.7 Å². The topological polar surface area (TPSA) is 173 Å². The number of hydrogen-bond donors (Lipinski definition) is 3. The van der Waals surface area contributed by atoms with Gasteiger partial charge >= 0.3 is 19.8 Å². The normalized spacial score (nSPS) is 19.1. The van der Waals surface area contributed by atoms with Gasteiger partial charge in [0.2, 0.25) is 0 Å². The number of terminal acetylenes is 1. The van der Waals surface area contributed by atoms with Crippen LogP contribution in [0.1, 0.15) is 121 Å². The number of nitrogens with zero attached hydrogens (tertiary/aromatic N) is 4. The lowest BCUT2D eigenvalue weighted by Gasteiger charge is -2.30. The number of ether oxygens (including phenoxy) is 2. The third kappa shape index (κ3) is 14.3. The van der Waals surface area contributed by atoms with E-state index in [0.717, 1.165) is 37.8 Å². The van der Waals surface area contributed by atoms with Crippen LogP contribution >= 0.6 is 7.75 Å². The Kier molecular flexibility index (Phi) is 18.4. The Morgan fingerprint density at radius 3 is 2.20 bits per heavy atom. The van der Waals surface area contributed by atoms with E-state index in [9.17, 15) is 27.6 Å². The third-order valence-electron chi connectivity index (χ3n) is 10.7. The molecule has 0 unspecified atom stereocenters. The van der Waals surface area contributed by atoms with Crippen molar-refractivity contribution < 1.29 is 46.2 Å². The van der Waals surface area contributed by atoms with Gasteiger partial charge < -0.3 is 24.8 Å². The van der Waals surface area contributed by atoms with Crippen molar-refractivity contribution in [1.82, 2.24) is 24.6 Å². The molecule has 1 aliphatic rings. The lowest BCUT2D eigenvalue weighted by atomic mass is 9.99. The van der Waals surface area contributed by atoms with Crippen LogP contribution in [-0.2, 0) is 29.8 Å². The quantitative estimate of drug-likeness (QED) is 0.0171. The van der Waals surface area contributed by atoms with E-state index in [1.54, 1.807) is 18.2 Å². The highest BCUT2D eigenvalue weighted by Gasteiger charge is 2.50. The number of nitrogens with one attached hydrogen (secondary N) is 1. The summed E-state index contributed by atoms with van der Waals surface area (Å²) in [5, 5.41) is 13.9. The van der Waals surface area contributed by atoms with Gasteiger partial charge in [0.1, 0.15) is 42.4 Å². The lowest BCUT2D eigenvalue weighted by Crippen LogP contribution is -2.44. The molecular weight excluding hydrogens is 812 g/mol. The fourth-order valence-electron chi connectivity index (χ4n) is 7.32. The number of rotatable bonds is 27. The number of para-hydroxylation sites is 1.